The molecule has 0 N–H and O–H groups in total. The summed E-state index contributed by atoms with van der Waals surface area (Å²) in [6.45, 7) is 21.7. The van der Waals surface area contributed by atoms with E-state index in [0.717, 1.165) is 21.8 Å². The largest absolute Gasteiger partial charge is 0.407 e. The first-order valence-corrected chi connectivity index (χ1v) is 19.9. The second-order valence-corrected chi connectivity index (χ2v) is 24.7. The predicted octanol–water partition coefficient (Wildman–Crippen LogP) is 9.57. The van der Waals surface area contributed by atoms with Gasteiger partial charge in [0.1, 0.15) is 8.07 Å². The predicted molar refractivity (Wildman–Crippen MR) is 184 cm³/mol. The van der Waals surface area contributed by atoms with Crippen LogP contribution in [0.3, 0.4) is 0 Å². The minimum absolute atomic E-state index is 0.0205. The fourth-order valence-electron chi connectivity index (χ4n) is 6.03. The van der Waals surface area contributed by atoms with Crippen LogP contribution in [-0.2, 0) is 4.43 Å². The van der Waals surface area contributed by atoms with E-state index in [-0.39, 0.29) is 5.04 Å². The van der Waals surface area contributed by atoms with Gasteiger partial charge in [-0.1, -0.05) is 141 Å². The number of hydrogen-bond acceptors (Lipinski definition) is 1. The molecule has 0 spiro atoms. The molecule has 0 atom stereocenters. The van der Waals surface area contributed by atoms with Gasteiger partial charge in [-0.2, -0.15) is 0 Å². The zero-order valence-corrected chi connectivity index (χ0v) is 30.5. The first-order valence-electron chi connectivity index (χ1n) is 14.1. The van der Waals surface area contributed by atoms with Crippen molar-refractivity contribution in [2.45, 2.75) is 96.8 Å². The van der Waals surface area contributed by atoms with Crippen LogP contribution in [0.5, 0.6) is 0 Å². The fraction of sp³-hybridized carbons (Fsp3) is 0.471. The Morgan fingerprint density at radius 1 is 0.769 bits per heavy atom. The maximum absolute atomic E-state index is 7.01. The van der Waals surface area contributed by atoms with Crippen molar-refractivity contribution in [2.75, 3.05) is 6.61 Å². The van der Waals surface area contributed by atoms with Crippen LogP contribution in [0.15, 0.2) is 69.6 Å². The van der Waals surface area contributed by atoms with Crippen LogP contribution in [0.25, 0.3) is 0 Å². The molecule has 0 aromatic heterocycles. The molecule has 0 bridgehead atoms. The molecule has 0 radical (unpaired) electrons. The second kappa shape index (κ2) is 15.0. The van der Waals surface area contributed by atoms with Crippen LogP contribution >= 0.6 is 31.9 Å². The summed E-state index contributed by atoms with van der Waals surface area (Å²) in [5, 5.41) is 2.60. The quantitative estimate of drug-likeness (QED) is 0.145. The van der Waals surface area contributed by atoms with Crippen LogP contribution in [0.1, 0.15) is 75.2 Å². The van der Waals surface area contributed by atoms with Gasteiger partial charge in [-0.15, -0.1) is 5.54 Å². The smallest absolute Gasteiger partial charge is 0.261 e. The van der Waals surface area contributed by atoms with E-state index in [1.165, 1.54) is 10.4 Å². The van der Waals surface area contributed by atoms with Crippen molar-refractivity contribution in [1.29, 1.82) is 0 Å². The Bertz CT molecular complexity index is 1140. The van der Waals surface area contributed by atoms with E-state index in [0.29, 0.717) is 23.2 Å². The number of halogens is 2. The number of allylic oxidation sites excluding steroid dienone is 1. The second-order valence-electron chi connectivity index (χ2n) is 12.2. The minimum atomic E-state index is -2.51. The van der Waals surface area contributed by atoms with Gasteiger partial charge in [-0.25, -0.2) is 0 Å². The third-order valence-electron chi connectivity index (χ3n) is 7.85. The average molecular weight is 687 g/mol. The third-order valence-corrected chi connectivity index (χ3v) is 20.0. The van der Waals surface area contributed by atoms with Gasteiger partial charge in [0.15, 0.2) is 0 Å². The van der Waals surface area contributed by atoms with Gasteiger partial charge in [-0.05, 0) is 70.3 Å². The Morgan fingerprint density at radius 2 is 1.23 bits per heavy atom. The van der Waals surface area contributed by atoms with Gasteiger partial charge < -0.3 is 4.43 Å². The van der Waals surface area contributed by atoms with Crippen molar-refractivity contribution in [1.82, 2.24) is 0 Å². The molecule has 0 saturated carbocycles. The highest BCUT2D eigenvalue weighted by Crippen LogP contribution is 2.41. The SMILES string of the molecule is CC(C)[Si](C#CC(C#CCCCO[Si](c1ccccc1)(c1ccccc1)C(C)(C)C)=C(Br)Br)(C(C)C)C(C)C. The van der Waals surface area contributed by atoms with Crippen molar-refractivity contribution >= 4 is 58.6 Å². The van der Waals surface area contributed by atoms with E-state index in [1.54, 1.807) is 0 Å². The standard InChI is InChI=1S/C34H46Br2OSi2/c1-27(2)38(28(3)4,29(5)6)26-24-30(33(35)36)19-13-12-18-25-37-39(34(7,8)9,31-20-14-10-15-21-31)32-22-16-11-17-23-32/h10-11,14-17,20-23,27-29H,12,18,25H2,1-9H3. The van der Waals surface area contributed by atoms with E-state index in [1.807, 2.05) is 0 Å². The Labute approximate surface area is 258 Å². The summed E-state index contributed by atoms with van der Waals surface area (Å²) in [6.07, 6.45) is 1.64. The Balaban J connectivity index is 2.26. The lowest BCUT2D eigenvalue weighted by atomic mass is 10.2. The molecule has 0 amide bonds. The molecule has 0 aliphatic rings. The number of rotatable bonds is 9. The molecule has 2 aromatic carbocycles. The zero-order chi connectivity index (χ0) is 29.3. The lowest BCUT2D eigenvalue weighted by molar-refractivity contribution is 0.293. The van der Waals surface area contributed by atoms with Crippen LogP contribution in [-0.4, -0.2) is 23.0 Å². The van der Waals surface area contributed by atoms with E-state index < -0.39 is 16.4 Å². The van der Waals surface area contributed by atoms with Crippen LogP contribution in [0.2, 0.25) is 21.7 Å². The van der Waals surface area contributed by atoms with Crippen LogP contribution in [0, 0.1) is 23.3 Å². The van der Waals surface area contributed by atoms with E-state index in [2.05, 4.69) is 178 Å². The molecular weight excluding hydrogens is 640 g/mol. The molecule has 0 fully saturated rings. The minimum Gasteiger partial charge on any atom is -0.407 e. The van der Waals surface area contributed by atoms with Gasteiger partial charge in [0.2, 0.25) is 0 Å². The van der Waals surface area contributed by atoms with Crippen molar-refractivity contribution < 1.29 is 4.43 Å². The summed E-state index contributed by atoms with van der Waals surface area (Å²) in [5.41, 5.74) is 6.39. The van der Waals surface area contributed by atoms with Gasteiger partial charge in [-0.3, -0.25) is 0 Å². The van der Waals surface area contributed by atoms with E-state index >= 15 is 0 Å². The van der Waals surface area contributed by atoms with Gasteiger partial charge in [0.25, 0.3) is 8.32 Å². The van der Waals surface area contributed by atoms with Gasteiger partial charge >= 0.3 is 0 Å². The summed E-state index contributed by atoms with van der Waals surface area (Å²) in [5.74, 6) is 10.2. The van der Waals surface area contributed by atoms with Crippen LogP contribution in [0.4, 0.5) is 0 Å². The molecule has 210 valence electrons. The molecule has 1 nitrogen and oxygen atoms in total. The fourth-order valence-corrected chi connectivity index (χ4v) is 16.2. The Morgan fingerprint density at radius 3 is 1.62 bits per heavy atom. The van der Waals surface area contributed by atoms with Crippen LogP contribution < -0.4 is 10.4 Å². The van der Waals surface area contributed by atoms with Crippen molar-refractivity contribution in [3.05, 3.63) is 69.6 Å². The molecule has 2 rings (SSSR count). The van der Waals surface area contributed by atoms with E-state index in [9.17, 15) is 0 Å². The van der Waals surface area contributed by atoms with Crippen molar-refractivity contribution in [3.8, 4) is 23.3 Å². The van der Waals surface area contributed by atoms with Gasteiger partial charge in [0.05, 0.1) is 8.96 Å². The summed E-state index contributed by atoms with van der Waals surface area (Å²) >= 11 is 7.18. The number of hydrogen-bond donors (Lipinski definition) is 0. The lowest BCUT2D eigenvalue weighted by Crippen LogP contribution is -2.66. The third kappa shape index (κ3) is 8.11. The molecule has 0 unspecified atom stereocenters. The summed E-state index contributed by atoms with van der Waals surface area (Å²) < 4.78 is 7.84. The van der Waals surface area contributed by atoms with Crippen molar-refractivity contribution in [2.24, 2.45) is 0 Å². The summed E-state index contributed by atoms with van der Waals surface area (Å²) in [7, 11) is -4.33. The van der Waals surface area contributed by atoms with E-state index in [4.69, 9.17) is 4.43 Å². The maximum atomic E-state index is 7.01. The first kappa shape index (κ1) is 33.9. The monoisotopic (exact) mass is 684 g/mol. The highest BCUT2D eigenvalue weighted by atomic mass is 79.9. The summed E-state index contributed by atoms with van der Waals surface area (Å²) in [4.78, 5) is 0. The first-order chi connectivity index (χ1) is 18.3. The van der Waals surface area contributed by atoms with Gasteiger partial charge in [0, 0.05) is 13.0 Å². The number of unbranched alkanes of at least 4 members (excludes halogenated alkanes) is 1. The lowest BCUT2D eigenvalue weighted by Gasteiger charge is -2.43. The molecule has 0 aliphatic carbocycles. The Kier molecular flexibility index (Phi) is 13.1. The summed E-state index contributed by atoms with van der Waals surface area (Å²) in [6, 6.07) is 21.6. The number of benzene rings is 2. The maximum Gasteiger partial charge on any atom is 0.261 e. The Hall–Kier alpha value is -1.35. The topological polar surface area (TPSA) is 9.23 Å². The normalized spacial score (nSPS) is 12.2. The molecule has 39 heavy (non-hydrogen) atoms. The highest BCUT2D eigenvalue weighted by Gasteiger charge is 2.50. The molecule has 5 heteroatoms. The molecule has 0 saturated heterocycles. The average Bonchev–Trinajstić information content (AvgIpc) is 2.86. The van der Waals surface area contributed by atoms with Crippen molar-refractivity contribution in [3.63, 3.8) is 0 Å². The highest BCUT2D eigenvalue weighted by molar-refractivity contribution is 9.28. The zero-order valence-electron chi connectivity index (χ0n) is 25.3. The molecule has 0 heterocycles. The molecular formula is C34H46Br2OSi2. The molecule has 0 aliphatic heterocycles. The molecule has 2 aromatic rings.